The monoisotopic (exact) mass is 426 g/mol. The van der Waals surface area contributed by atoms with Crippen molar-refractivity contribution in [3.8, 4) is 0 Å². The molecule has 5 nitrogen and oxygen atoms in total. The number of hydrogen-bond acceptors (Lipinski definition) is 5. The van der Waals surface area contributed by atoms with Crippen LogP contribution in [0.4, 0.5) is 5.00 Å². The Morgan fingerprint density at radius 2 is 1.87 bits per heavy atom. The minimum Gasteiger partial charge on any atom is -0.465 e. The highest BCUT2D eigenvalue weighted by Crippen LogP contribution is 2.38. The van der Waals surface area contributed by atoms with Gasteiger partial charge in [-0.05, 0) is 75.1 Å². The first-order chi connectivity index (χ1) is 14.6. The summed E-state index contributed by atoms with van der Waals surface area (Å²) in [5.41, 5.74) is 3.05. The summed E-state index contributed by atoms with van der Waals surface area (Å²) in [5, 5.41) is 3.68. The topological polar surface area (TPSA) is 58.6 Å². The lowest BCUT2D eigenvalue weighted by atomic mass is 9.90. The van der Waals surface area contributed by atoms with E-state index < -0.39 is 0 Å². The maximum atomic E-state index is 12.7. The highest BCUT2D eigenvalue weighted by atomic mass is 32.1. The number of aryl methyl sites for hydroxylation is 1. The maximum absolute atomic E-state index is 12.7. The number of methoxy groups -OCH3 is 1. The fraction of sp³-hybridized carbons (Fsp3) is 0.500. The fourth-order valence-corrected chi connectivity index (χ4v) is 5.93. The molecule has 0 radical (unpaired) electrons. The van der Waals surface area contributed by atoms with E-state index in [2.05, 4.69) is 40.5 Å². The summed E-state index contributed by atoms with van der Waals surface area (Å²) in [6.07, 6.45) is 7.43. The minimum absolute atomic E-state index is 0.0414. The number of hydrogen-bond donors (Lipinski definition) is 1. The highest BCUT2D eigenvalue weighted by Gasteiger charge is 2.28. The molecule has 1 amide bonds. The van der Waals surface area contributed by atoms with Crippen LogP contribution in [0.15, 0.2) is 30.3 Å². The van der Waals surface area contributed by atoms with Crippen molar-refractivity contribution in [3.05, 3.63) is 51.9 Å². The molecule has 0 spiro atoms. The second-order valence-electron chi connectivity index (χ2n) is 8.36. The Labute approximate surface area is 182 Å². The molecule has 1 saturated heterocycles. The van der Waals surface area contributed by atoms with E-state index in [1.165, 1.54) is 17.6 Å². The number of carbonyl (C=O) groups is 2. The zero-order valence-electron chi connectivity index (χ0n) is 17.6. The van der Waals surface area contributed by atoms with E-state index in [-0.39, 0.29) is 11.9 Å². The Morgan fingerprint density at radius 1 is 1.13 bits per heavy atom. The van der Waals surface area contributed by atoms with Gasteiger partial charge in [0.05, 0.1) is 19.2 Å². The minimum atomic E-state index is -0.341. The van der Waals surface area contributed by atoms with E-state index in [9.17, 15) is 9.59 Å². The van der Waals surface area contributed by atoms with Crippen LogP contribution in [0.5, 0.6) is 0 Å². The number of amides is 1. The third kappa shape index (κ3) is 4.93. The number of nitrogens with zero attached hydrogens (tertiary/aromatic N) is 1. The van der Waals surface area contributed by atoms with Crippen molar-refractivity contribution >= 4 is 28.2 Å². The highest BCUT2D eigenvalue weighted by molar-refractivity contribution is 7.17. The van der Waals surface area contributed by atoms with Gasteiger partial charge in [-0.1, -0.05) is 30.3 Å². The van der Waals surface area contributed by atoms with Crippen LogP contribution in [-0.4, -0.2) is 43.5 Å². The SMILES string of the molecule is COC(=O)c1c(NC(=O)CN2CCC(Cc3ccccc3)CC2)sc2c1CCCC2. The molecule has 1 aliphatic heterocycles. The average molecular weight is 427 g/mol. The van der Waals surface area contributed by atoms with E-state index in [1.807, 2.05) is 0 Å². The Hall–Kier alpha value is -2.18. The van der Waals surface area contributed by atoms with Gasteiger partial charge in [-0.3, -0.25) is 9.69 Å². The van der Waals surface area contributed by atoms with Gasteiger partial charge in [-0.25, -0.2) is 4.79 Å². The molecule has 2 aromatic rings. The Bertz CT molecular complexity index is 885. The van der Waals surface area contributed by atoms with Gasteiger partial charge < -0.3 is 10.1 Å². The normalized spacial score (nSPS) is 17.4. The van der Waals surface area contributed by atoms with Gasteiger partial charge in [0.2, 0.25) is 5.91 Å². The number of nitrogens with one attached hydrogen (secondary N) is 1. The number of ether oxygens (including phenoxy) is 1. The number of likely N-dealkylation sites (tertiary alicyclic amines) is 1. The van der Waals surface area contributed by atoms with Crippen LogP contribution in [0, 0.1) is 5.92 Å². The predicted octanol–water partition coefficient (Wildman–Crippen LogP) is 4.31. The van der Waals surface area contributed by atoms with E-state index >= 15 is 0 Å². The number of rotatable bonds is 6. The summed E-state index contributed by atoms with van der Waals surface area (Å²) < 4.78 is 5.00. The molecule has 160 valence electrons. The molecule has 1 aromatic heterocycles. The molecule has 1 N–H and O–H groups in total. The van der Waals surface area contributed by atoms with Gasteiger partial charge in [0.25, 0.3) is 0 Å². The molecule has 0 atom stereocenters. The van der Waals surface area contributed by atoms with Crippen LogP contribution in [0.25, 0.3) is 0 Å². The molecule has 0 unspecified atom stereocenters. The van der Waals surface area contributed by atoms with Crippen molar-refractivity contribution in [3.63, 3.8) is 0 Å². The molecule has 2 heterocycles. The number of carbonyl (C=O) groups excluding carboxylic acids is 2. The van der Waals surface area contributed by atoms with Crippen LogP contribution in [0.1, 0.15) is 52.0 Å². The summed E-state index contributed by atoms with van der Waals surface area (Å²) in [6.45, 7) is 2.26. The third-order valence-corrected chi connectivity index (χ3v) is 7.46. The van der Waals surface area contributed by atoms with Gasteiger partial charge in [0, 0.05) is 4.88 Å². The zero-order chi connectivity index (χ0) is 20.9. The third-order valence-electron chi connectivity index (χ3n) is 6.26. The summed E-state index contributed by atoms with van der Waals surface area (Å²) in [5.74, 6) is 0.299. The number of piperidine rings is 1. The largest absolute Gasteiger partial charge is 0.465 e. The van der Waals surface area contributed by atoms with Gasteiger partial charge >= 0.3 is 5.97 Å². The van der Waals surface area contributed by atoms with Crippen molar-refractivity contribution in [2.45, 2.75) is 44.9 Å². The van der Waals surface area contributed by atoms with E-state index in [0.717, 1.165) is 63.6 Å². The van der Waals surface area contributed by atoms with Gasteiger partial charge in [-0.15, -0.1) is 11.3 Å². The Balaban J connectivity index is 1.32. The predicted molar refractivity (Wildman–Crippen MR) is 120 cm³/mol. The second kappa shape index (κ2) is 9.75. The fourth-order valence-electron chi connectivity index (χ4n) is 4.64. The van der Waals surface area contributed by atoms with E-state index in [1.54, 1.807) is 11.3 Å². The summed E-state index contributed by atoms with van der Waals surface area (Å²) >= 11 is 1.55. The van der Waals surface area contributed by atoms with Gasteiger partial charge in [0.1, 0.15) is 5.00 Å². The molecule has 0 bridgehead atoms. The van der Waals surface area contributed by atoms with E-state index in [4.69, 9.17) is 4.74 Å². The lowest BCUT2D eigenvalue weighted by molar-refractivity contribution is -0.117. The molecular weight excluding hydrogens is 396 g/mol. The standard InChI is InChI=1S/C24H30N2O3S/c1-29-24(28)22-19-9-5-6-10-20(19)30-23(22)25-21(27)16-26-13-11-18(12-14-26)15-17-7-3-2-4-8-17/h2-4,7-8,18H,5-6,9-16H2,1H3,(H,25,27). The molecular formula is C24H30N2O3S. The first-order valence-corrected chi connectivity index (χ1v) is 11.7. The quantitative estimate of drug-likeness (QED) is 0.700. The number of thiophene rings is 1. The molecule has 0 saturated carbocycles. The number of anilines is 1. The number of benzene rings is 1. The van der Waals surface area contributed by atoms with Crippen LogP contribution < -0.4 is 5.32 Å². The number of esters is 1. The second-order valence-corrected chi connectivity index (χ2v) is 9.47. The van der Waals surface area contributed by atoms with Crippen LogP contribution in [-0.2, 0) is 28.8 Å². The first kappa shape index (κ1) is 21.1. The van der Waals surface area contributed by atoms with Gasteiger partial charge in [0.15, 0.2) is 0 Å². The Morgan fingerprint density at radius 3 is 2.60 bits per heavy atom. The van der Waals surface area contributed by atoms with Crippen molar-refractivity contribution in [1.29, 1.82) is 0 Å². The molecule has 1 aliphatic carbocycles. The lowest BCUT2D eigenvalue weighted by Gasteiger charge is -2.31. The van der Waals surface area contributed by atoms with Crippen molar-refractivity contribution in [2.24, 2.45) is 5.92 Å². The number of fused-ring (bicyclic) bond motifs is 1. The smallest absolute Gasteiger partial charge is 0.341 e. The molecule has 4 rings (SSSR count). The van der Waals surface area contributed by atoms with Crippen molar-refractivity contribution < 1.29 is 14.3 Å². The Kier molecular flexibility index (Phi) is 6.85. The maximum Gasteiger partial charge on any atom is 0.341 e. The summed E-state index contributed by atoms with van der Waals surface area (Å²) in [7, 11) is 1.40. The first-order valence-electron chi connectivity index (χ1n) is 10.9. The van der Waals surface area contributed by atoms with Crippen LogP contribution in [0.2, 0.25) is 0 Å². The lowest BCUT2D eigenvalue weighted by Crippen LogP contribution is -2.39. The van der Waals surface area contributed by atoms with Crippen LogP contribution >= 0.6 is 11.3 Å². The van der Waals surface area contributed by atoms with E-state index in [0.29, 0.717) is 23.0 Å². The van der Waals surface area contributed by atoms with Crippen molar-refractivity contribution in [2.75, 3.05) is 32.1 Å². The molecule has 30 heavy (non-hydrogen) atoms. The van der Waals surface area contributed by atoms with Gasteiger partial charge in [-0.2, -0.15) is 0 Å². The molecule has 1 aromatic carbocycles. The summed E-state index contributed by atoms with van der Waals surface area (Å²) in [4.78, 5) is 28.5. The molecule has 2 aliphatic rings. The molecule has 6 heteroatoms. The molecule has 1 fully saturated rings. The zero-order valence-corrected chi connectivity index (χ0v) is 18.4. The average Bonchev–Trinajstić information content (AvgIpc) is 3.13. The summed E-state index contributed by atoms with van der Waals surface area (Å²) in [6, 6.07) is 10.6. The van der Waals surface area contributed by atoms with Crippen LogP contribution in [0.3, 0.4) is 0 Å². The van der Waals surface area contributed by atoms with Crippen molar-refractivity contribution in [1.82, 2.24) is 4.90 Å².